The summed E-state index contributed by atoms with van der Waals surface area (Å²) >= 11 is 3.45. The molecule has 1 unspecified atom stereocenters. The second-order valence-electron chi connectivity index (χ2n) is 8.47. The number of anilines is 1. The van der Waals surface area contributed by atoms with Gasteiger partial charge in [-0.25, -0.2) is 0 Å². The highest BCUT2D eigenvalue weighted by atomic mass is 79.9. The Morgan fingerprint density at radius 2 is 1.76 bits per heavy atom. The zero-order valence-electron chi connectivity index (χ0n) is 16.4. The van der Waals surface area contributed by atoms with Crippen molar-refractivity contribution in [3.05, 3.63) is 75.4 Å². The maximum atomic E-state index is 13.3. The molecule has 2 aliphatic rings. The molecule has 1 amide bonds. The Labute approximate surface area is 179 Å². The number of hydrogen-bond donors (Lipinski definition) is 0. The van der Waals surface area contributed by atoms with E-state index in [9.17, 15) is 14.9 Å². The summed E-state index contributed by atoms with van der Waals surface area (Å²) in [5, 5.41) is 9.57. The summed E-state index contributed by atoms with van der Waals surface area (Å²) in [7, 11) is 0. The Morgan fingerprint density at radius 3 is 2.45 bits per heavy atom. The first-order valence-corrected chi connectivity index (χ1v) is 10.4. The number of Topliss-reactive ketones (excluding diaryl/α,β-unsaturated/α-hetero) is 1. The van der Waals surface area contributed by atoms with E-state index in [-0.39, 0.29) is 29.4 Å². The fraction of sp³-hybridized carbons (Fsp3) is 0.292. The molecule has 1 aliphatic carbocycles. The second-order valence-corrected chi connectivity index (χ2v) is 9.38. The molecule has 2 aromatic rings. The van der Waals surface area contributed by atoms with E-state index in [2.05, 4.69) is 35.8 Å². The van der Waals surface area contributed by atoms with Crippen molar-refractivity contribution in [3.8, 4) is 6.07 Å². The Morgan fingerprint density at radius 1 is 1.07 bits per heavy atom. The van der Waals surface area contributed by atoms with Crippen LogP contribution in [0.15, 0.2) is 64.3 Å². The van der Waals surface area contributed by atoms with Crippen molar-refractivity contribution in [2.45, 2.75) is 39.0 Å². The van der Waals surface area contributed by atoms with Gasteiger partial charge in [0.1, 0.15) is 6.07 Å². The molecule has 146 valence electrons. The van der Waals surface area contributed by atoms with Crippen molar-refractivity contribution in [1.82, 2.24) is 0 Å². The highest BCUT2D eigenvalue weighted by molar-refractivity contribution is 9.10. The Hall–Kier alpha value is -2.71. The van der Waals surface area contributed by atoms with E-state index < -0.39 is 0 Å². The van der Waals surface area contributed by atoms with Crippen LogP contribution >= 0.6 is 15.9 Å². The molecule has 1 heterocycles. The smallest absolute Gasteiger partial charge is 0.232 e. The number of amides is 1. The van der Waals surface area contributed by atoms with Gasteiger partial charge in [0, 0.05) is 34.5 Å². The summed E-state index contributed by atoms with van der Waals surface area (Å²) < 4.78 is 0.957. The minimum atomic E-state index is -0.250. The van der Waals surface area contributed by atoms with Gasteiger partial charge in [0.2, 0.25) is 5.91 Å². The van der Waals surface area contributed by atoms with Gasteiger partial charge in [0.15, 0.2) is 5.78 Å². The summed E-state index contributed by atoms with van der Waals surface area (Å²) in [6, 6.07) is 17.1. The van der Waals surface area contributed by atoms with Gasteiger partial charge in [-0.1, -0.05) is 54.0 Å². The molecule has 0 saturated carbocycles. The fourth-order valence-electron chi connectivity index (χ4n) is 4.44. The van der Waals surface area contributed by atoms with Gasteiger partial charge in [0.25, 0.3) is 0 Å². The predicted octanol–water partition coefficient (Wildman–Crippen LogP) is 5.48. The van der Waals surface area contributed by atoms with E-state index >= 15 is 0 Å². The average Bonchev–Trinajstić information content (AvgIpc) is 2.67. The molecular weight excluding hydrogens is 428 g/mol. The van der Waals surface area contributed by atoms with Crippen LogP contribution in [0, 0.1) is 16.7 Å². The van der Waals surface area contributed by atoms with E-state index in [0.717, 1.165) is 21.3 Å². The number of carbonyl (C=O) groups is 2. The Kier molecular flexibility index (Phi) is 4.92. The molecule has 0 N–H and O–H groups in total. The number of rotatable bonds is 2. The molecule has 0 radical (unpaired) electrons. The first-order valence-electron chi connectivity index (χ1n) is 9.64. The lowest BCUT2D eigenvalue weighted by Crippen LogP contribution is -2.44. The van der Waals surface area contributed by atoms with Gasteiger partial charge in [-0.15, -0.1) is 0 Å². The molecule has 0 saturated heterocycles. The average molecular weight is 449 g/mol. The van der Waals surface area contributed by atoms with Crippen molar-refractivity contribution in [3.63, 3.8) is 0 Å². The van der Waals surface area contributed by atoms with E-state index in [0.29, 0.717) is 24.1 Å². The lowest BCUT2D eigenvalue weighted by atomic mass is 9.69. The van der Waals surface area contributed by atoms with Gasteiger partial charge in [-0.3, -0.25) is 14.5 Å². The van der Waals surface area contributed by atoms with Crippen molar-refractivity contribution >= 4 is 33.3 Å². The number of carbonyl (C=O) groups excluding carboxylic acids is 2. The number of ketones is 1. The zero-order valence-corrected chi connectivity index (χ0v) is 18.0. The van der Waals surface area contributed by atoms with Crippen molar-refractivity contribution in [1.29, 1.82) is 5.26 Å². The van der Waals surface area contributed by atoms with Crippen LogP contribution in [0.4, 0.5) is 5.69 Å². The molecule has 0 aromatic heterocycles. The molecule has 4 rings (SSSR count). The minimum absolute atomic E-state index is 0.0788. The third kappa shape index (κ3) is 3.54. The summed E-state index contributed by atoms with van der Waals surface area (Å²) in [5.41, 5.74) is 3.20. The van der Waals surface area contributed by atoms with Gasteiger partial charge >= 0.3 is 0 Å². The molecule has 1 aliphatic heterocycles. The van der Waals surface area contributed by atoms with Gasteiger partial charge < -0.3 is 0 Å². The summed E-state index contributed by atoms with van der Waals surface area (Å²) in [5.74, 6) is -0.235. The number of benzene rings is 2. The normalized spacial score (nSPS) is 21.0. The molecule has 29 heavy (non-hydrogen) atoms. The van der Waals surface area contributed by atoms with E-state index in [1.807, 2.05) is 30.3 Å². The maximum absolute atomic E-state index is 13.3. The highest BCUT2D eigenvalue weighted by Crippen LogP contribution is 2.48. The van der Waals surface area contributed by atoms with Crippen molar-refractivity contribution in [2.75, 3.05) is 4.90 Å². The minimum Gasteiger partial charge on any atom is -0.294 e. The van der Waals surface area contributed by atoms with Crippen LogP contribution in [0.1, 0.15) is 50.2 Å². The molecular formula is C24H21BrN2O2. The lowest BCUT2D eigenvalue weighted by Gasteiger charge is -2.43. The number of nitriles is 1. The van der Waals surface area contributed by atoms with Crippen LogP contribution in [-0.2, 0) is 9.59 Å². The second kappa shape index (κ2) is 7.27. The van der Waals surface area contributed by atoms with Crippen LogP contribution in [0.25, 0.3) is 0 Å². The van der Waals surface area contributed by atoms with Crippen LogP contribution in [0.2, 0.25) is 0 Å². The Bertz CT molecular complexity index is 1080. The van der Waals surface area contributed by atoms with Gasteiger partial charge in [0.05, 0.1) is 11.3 Å². The van der Waals surface area contributed by atoms with Crippen molar-refractivity contribution < 1.29 is 9.59 Å². The van der Waals surface area contributed by atoms with E-state index in [1.165, 1.54) is 0 Å². The largest absolute Gasteiger partial charge is 0.294 e. The highest BCUT2D eigenvalue weighted by Gasteiger charge is 2.44. The van der Waals surface area contributed by atoms with E-state index in [1.54, 1.807) is 23.1 Å². The first kappa shape index (κ1) is 19.6. The maximum Gasteiger partial charge on any atom is 0.232 e. The standard InChI is InChI=1S/C24H21BrN2O2/c1-24(2)12-20-23(21(28)13-24)18(15-7-9-17(25)10-8-15)11-22(29)27(20)19-6-4-3-5-16(19)14-26/h3-10,18H,11-13H2,1-2H3. The van der Waals surface area contributed by atoms with Crippen LogP contribution < -0.4 is 4.90 Å². The number of hydrogen-bond acceptors (Lipinski definition) is 3. The first-order chi connectivity index (χ1) is 13.8. The van der Waals surface area contributed by atoms with Crippen LogP contribution in [0.5, 0.6) is 0 Å². The Balaban J connectivity index is 1.93. The fourth-order valence-corrected chi connectivity index (χ4v) is 4.70. The van der Waals surface area contributed by atoms with Crippen molar-refractivity contribution in [2.24, 2.45) is 5.41 Å². The van der Waals surface area contributed by atoms with E-state index in [4.69, 9.17) is 0 Å². The predicted molar refractivity (Wildman–Crippen MR) is 115 cm³/mol. The molecule has 0 fully saturated rings. The number of nitrogens with zero attached hydrogens (tertiary/aromatic N) is 2. The summed E-state index contributed by atoms with van der Waals surface area (Å²) in [6.45, 7) is 4.10. The molecule has 5 heteroatoms. The molecule has 0 spiro atoms. The SMILES string of the molecule is CC1(C)CC(=O)C2=C(C1)N(c1ccccc1C#N)C(=O)CC2c1ccc(Br)cc1. The van der Waals surface area contributed by atoms with Gasteiger partial charge in [-0.05, 0) is 41.7 Å². The number of para-hydroxylation sites is 1. The van der Waals surface area contributed by atoms with Crippen LogP contribution in [-0.4, -0.2) is 11.7 Å². The molecule has 4 nitrogen and oxygen atoms in total. The molecule has 2 aromatic carbocycles. The molecule has 0 bridgehead atoms. The topological polar surface area (TPSA) is 61.2 Å². The van der Waals surface area contributed by atoms with Gasteiger partial charge in [-0.2, -0.15) is 5.26 Å². The quantitative estimate of drug-likeness (QED) is 0.610. The summed E-state index contributed by atoms with van der Waals surface area (Å²) in [6.07, 6.45) is 1.29. The zero-order chi connectivity index (χ0) is 20.8. The number of allylic oxidation sites excluding steroid dienone is 2. The third-order valence-electron chi connectivity index (χ3n) is 5.68. The third-order valence-corrected chi connectivity index (χ3v) is 6.21. The summed E-state index contributed by atoms with van der Waals surface area (Å²) in [4.78, 5) is 28.2. The molecule has 1 atom stereocenters. The van der Waals surface area contributed by atoms with Crippen LogP contribution in [0.3, 0.4) is 0 Å². The monoisotopic (exact) mass is 448 g/mol. The number of halogens is 1. The lowest BCUT2D eigenvalue weighted by molar-refractivity contribution is -0.121.